The average molecular weight is 225 g/mol. The Balaban J connectivity index is 2.07. The van der Waals surface area contributed by atoms with Crippen molar-refractivity contribution in [1.29, 1.82) is 0 Å². The van der Waals surface area contributed by atoms with Gasteiger partial charge in [0.1, 0.15) is 5.82 Å². The van der Waals surface area contributed by atoms with Crippen molar-refractivity contribution in [2.45, 2.75) is 25.7 Å². The molecular weight excluding hydrogens is 209 g/mol. The Kier molecular flexibility index (Phi) is 3.53. The molecule has 1 aliphatic rings. The molecule has 0 amide bonds. The summed E-state index contributed by atoms with van der Waals surface area (Å²) in [5.41, 5.74) is 7.83. The molecule has 4 heteroatoms. The number of rotatable bonds is 3. The lowest BCUT2D eigenvalue weighted by Crippen LogP contribution is -2.20. The number of ether oxygens (including phenoxy) is 2. The van der Waals surface area contributed by atoms with Crippen LogP contribution in [-0.2, 0) is 9.47 Å². The van der Waals surface area contributed by atoms with Crippen molar-refractivity contribution < 1.29 is 13.9 Å². The third-order valence-electron chi connectivity index (χ3n) is 2.78. The minimum absolute atomic E-state index is 0.251. The van der Waals surface area contributed by atoms with Gasteiger partial charge in [0.15, 0.2) is 6.29 Å². The first-order chi connectivity index (χ1) is 7.66. The second-order valence-electron chi connectivity index (χ2n) is 4.01. The second kappa shape index (κ2) is 4.91. The van der Waals surface area contributed by atoms with Gasteiger partial charge in [-0.3, -0.25) is 0 Å². The van der Waals surface area contributed by atoms with Crippen LogP contribution in [0.3, 0.4) is 0 Å². The third kappa shape index (κ3) is 2.58. The molecule has 1 aromatic rings. The Labute approximate surface area is 94.3 Å². The van der Waals surface area contributed by atoms with Crippen molar-refractivity contribution in [3.8, 4) is 0 Å². The molecule has 0 aliphatic carbocycles. The normalized spacial score (nSPS) is 18.9. The van der Waals surface area contributed by atoms with Gasteiger partial charge in [-0.1, -0.05) is 6.07 Å². The fourth-order valence-corrected chi connectivity index (χ4v) is 1.89. The number of hydrogen-bond donors (Lipinski definition) is 1. The van der Waals surface area contributed by atoms with Gasteiger partial charge in [-0.15, -0.1) is 0 Å². The lowest BCUT2D eigenvalue weighted by atomic mass is 9.99. The first-order valence-corrected chi connectivity index (χ1v) is 5.41. The molecular formula is C12H16FNO2. The van der Waals surface area contributed by atoms with Gasteiger partial charge >= 0.3 is 0 Å². The SMILES string of the molecule is Cc1ccc(F)cc1C(N)CC1OCCO1. The predicted octanol–water partition coefficient (Wildman–Crippen LogP) is 1.90. The summed E-state index contributed by atoms with van der Waals surface area (Å²) in [5, 5.41) is 0. The molecule has 1 unspecified atom stereocenters. The van der Waals surface area contributed by atoms with Crippen LogP contribution in [0.25, 0.3) is 0 Å². The summed E-state index contributed by atoms with van der Waals surface area (Å²) in [7, 11) is 0. The maximum atomic E-state index is 13.1. The van der Waals surface area contributed by atoms with Gasteiger partial charge in [0.25, 0.3) is 0 Å². The van der Waals surface area contributed by atoms with E-state index in [1.54, 1.807) is 6.07 Å². The highest BCUT2D eigenvalue weighted by Crippen LogP contribution is 2.23. The number of halogens is 1. The molecule has 0 radical (unpaired) electrons. The third-order valence-corrected chi connectivity index (χ3v) is 2.78. The van der Waals surface area contributed by atoms with Gasteiger partial charge < -0.3 is 15.2 Å². The standard InChI is InChI=1S/C12H16FNO2/c1-8-2-3-9(13)6-10(8)11(14)7-12-15-4-5-16-12/h2-3,6,11-12H,4-5,7,14H2,1H3. The Bertz CT molecular complexity index is 364. The number of aryl methyl sites for hydroxylation is 1. The van der Waals surface area contributed by atoms with Crippen LogP contribution in [-0.4, -0.2) is 19.5 Å². The van der Waals surface area contributed by atoms with Crippen LogP contribution in [0.4, 0.5) is 4.39 Å². The van der Waals surface area contributed by atoms with Gasteiger partial charge in [0.2, 0.25) is 0 Å². The smallest absolute Gasteiger partial charge is 0.159 e. The fourth-order valence-electron chi connectivity index (χ4n) is 1.89. The van der Waals surface area contributed by atoms with E-state index in [1.807, 2.05) is 6.92 Å². The second-order valence-corrected chi connectivity index (χ2v) is 4.01. The van der Waals surface area contributed by atoms with Gasteiger partial charge in [-0.05, 0) is 30.2 Å². The van der Waals surface area contributed by atoms with Crippen molar-refractivity contribution in [3.05, 3.63) is 35.1 Å². The van der Waals surface area contributed by atoms with Gasteiger partial charge in [-0.25, -0.2) is 4.39 Å². The van der Waals surface area contributed by atoms with E-state index in [2.05, 4.69) is 0 Å². The number of hydrogen-bond acceptors (Lipinski definition) is 3. The molecule has 1 aliphatic heterocycles. The molecule has 0 saturated carbocycles. The molecule has 1 atom stereocenters. The van der Waals surface area contributed by atoms with Crippen molar-refractivity contribution in [2.24, 2.45) is 5.73 Å². The molecule has 0 aromatic heterocycles. The predicted molar refractivity (Wildman–Crippen MR) is 58.4 cm³/mol. The molecule has 0 bridgehead atoms. The summed E-state index contributed by atoms with van der Waals surface area (Å²) in [6.45, 7) is 3.14. The summed E-state index contributed by atoms with van der Waals surface area (Å²) in [6.07, 6.45) is 0.308. The molecule has 2 rings (SSSR count). The van der Waals surface area contributed by atoms with Crippen LogP contribution in [0.2, 0.25) is 0 Å². The van der Waals surface area contributed by atoms with E-state index in [4.69, 9.17) is 15.2 Å². The monoisotopic (exact) mass is 225 g/mol. The summed E-state index contributed by atoms with van der Waals surface area (Å²) >= 11 is 0. The molecule has 1 saturated heterocycles. The minimum atomic E-state index is -0.260. The molecule has 1 fully saturated rings. The van der Waals surface area contributed by atoms with Crippen molar-refractivity contribution in [3.63, 3.8) is 0 Å². The highest BCUT2D eigenvalue weighted by molar-refractivity contribution is 5.29. The summed E-state index contributed by atoms with van der Waals surface area (Å²) in [4.78, 5) is 0. The van der Waals surface area contributed by atoms with E-state index in [0.717, 1.165) is 11.1 Å². The van der Waals surface area contributed by atoms with Crippen LogP contribution in [0.1, 0.15) is 23.6 Å². The zero-order chi connectivity index (χ0) is 11.5. The first-order valence-electron chi connectivity index (χ1n) is 5.41. The van der Waals surface area contributed by atoms with Crippen molar-refractivity contribution in [2.75, 3.05) is 13.2 Å². The Morgan fingerprint density at radius 1 is 1.44 bits per heavy atom. The maximum absolute atomic E-state index is 13.1. The highest BCUT2D eigenvalue weighted by Gasteiger charge is 2.21. The van der Waals surface area contributed by atoms with E-state index in [0.29, 0.717) is 19.6 Å². The van der Waals surface area contributed by atoms with E-state index >= 15 is 0 Å². The first kappa shape index (κ1) is 11.5. The maximum Gasteiger partial charge on any atom is 0.159 e. The molecule has 2 N–H and O–H groups in total. The van der Waals surface area contributed by atoms with Crippen molar-refractivity contribution in [1.82, 2.24) is 0 Å². The van der Waals surface area contributed by atoms with E-state index in [1.165, 1.54) is 12.1 Å². The van der Waals surface area contributed by atoms with Crippen LogP contribution < -0.4 is 5.73 Å². The lowest BCUT2D eigenvalue weighted by molar-refractivity contribution is -0.0508. The highest BCUT2D eigenvalue weighted by atomic mass is 19.1. The lowest BCUT2D eigenvalue weighted by Gasteiger charge is -2.17. The quantitative estimate of drug-likeness (QED) is 0.854. The molecule has 88 valence electrons. The van der Waals surface area contributed by atoms with Crippen LogP contribution in [0, 0.1) is 12.7 Å². The summed E-state index contributed by atoms with van der Waals surface area (Å²) < 4.78 is 23.7. The largest absolute Gasteiger partial charge is 0.350 e. The summed E-state index contributed by atoms with van der Waals surface area (Å²) in [6, 6.07) is 4.41. The Morgan fingerprint density at radius 2 is 2.12 bits per heavy atom. The minimum Gasteiger partial charge on any atom is -0.350 e. The van der Waals surface area contributed by atoms with Gasteiger partial charge in [-0.2, -0.15) is 0 Å². The van der Waals surface area contributed by atoms with E-state index < -0.39 is 0 Å². The van der Waals surface area contributed by atoms with Crippen LogP contribution in [0.15, 0.2) is 18.2 Å². The van der Waals surface area contributed by atoms with Crippen LogP contribution >= 0.6 is 0 Å². The molecule has 0 spiro atoms. The van der Waals surface area contributed by atoms with Crippen molar-refractivity contribution >= 4 is 0 Å². The van der Waals surface area contributed by atoms with E-state index in [9.17, 15) is 4.39 Å². The topological polar surface area (TPSA) is 44.5 Å². The molecule has 16 heavy (non-hydrogen) atoms. The van der Waals surface area contributed by atoms with Gasteiger partial charge in [0, 0.05) is 12.5 Å². The zero-order valence-electron chi connectivity index (χ0n) is 9.28. The van der Waals surface area contributed by atoms with E-state index in [-0.39, 0.29) is 18.1 Å². The average Bonchev–Trinajstić information content (AvgIpc) is 2.74. The van der Waals surface area contributed by atoms with Gasteiger partial charge in [0.05, 0.1) is 13.2 Å². The van der Waals surface area contributed by atoms with Crippen LogP contribution in [0.5, 0.6) is 0 Å². The fraction of sp³-hybridized carbons (Fsp3) is 0.500. The molecule has 1 heterocycles. The number of nitrogens with two attached hydrogens (primary N) is 1. The molecule has 3 nitrogen and oxygen atoms in total. The molecule has 1 aromatic carbocycles. The summed E-state index contributed by atoms with van der Waals surface area (Å²) in [5.74, 6) is -0.260. The Morgan fingerprint density at radius 3 is 2.81 bits per heavy atom. The zero-order valence-corrected chi connectivity index (χ0v) is 9.28. The Hall–Kier alpha value is -0.970. The number of benzene rings is 1.